The highest BCUT2D eigenvalue weighted by Crippen LogP contribution is 2.44. The van der Waals surface area contributed by atoms with E-state index in [1.807, 2.05) is 12.1 Å². The van der Waals surface area contributed by atoms with Gasteiger partial charge in [0.2, 0.25) is 5.43 Å². The number of aryl methyl sites for hydroxylation is 3. The summed E-state index contributed by atoms with van der Waals surface area (Å²) in [6.45, 7) is 2.48. The van der Waals surface area contributed by atoms with Gasteiger partial charge in [0.25, 0.3) is 5.91 Å². The van der Waals surface area contributed by atoms with Crippen molar-refractivity contribution in [2.75, 3.05) is 13.6 Å². The molecule has 2 unspecified atom stereocenters. The fourth-order valence-electron chi connectivity index (χ4n) is 4.98. The minimum atomic E-state index is -0.655. The lowest BCUT2D eigenvalue weighted by atomic mass is 9.81. The molecule has 0 spiro atoms. The number of benzene rings is 2. The van der Waals surface area contributed by atoms with Crippen LogP contribution in [0.2, 0.25) is 5.02 Å². The number of carbonyl (C=O) groups is 1. The maximum atomic E-state index is 12.8. The van der Waals surface area contributed by atoms with E-state index in [0.717, 1.165) is 30.2 Å². The molecular weight excluding hydrogens is 414 g/mol. The first-order chi connectivity index (χ1) is 14.8. The monoisotopic (exact) mass is 435 g/mol. The molecule has 2 aliphatic rings. The van der Waals surface area contributed by atoms with Crippen LogP contribution < -0.4 is 5.43 Å². The van der Waals surface area contributed by atoms with Crippen LogP contribution in [0.5, 0.6) is 5.75 Å². The van der Waals surface area contributed by atoms with Gasteiger partial charge < -0.3 is 10.0 Å². The van der Waals surface area contributed by atoms with E-state index in [1.54, 1.807) is 11.9 Å². The lowest BCUT2D eigenvalue weighted by Crippen LogP contribution is -2.45. The quantitative estimate of drug-likeness (QED) is 0.635. The third-order valence-corrected chi connectivity index (χ3v) is 6.67. The molecule has 7 heteroatoms. The van der Waals surface area contributed by atoms with Gasteiger partial charge in [0.15, 0.2) is 11.4 Å². The van der Waals surface area contributed by atoms with Crippen LogP contribution in [0.25, 0.3) is 0 Å². The molecule has 158 valence electrons. The summed E-state index contributed by atoms with van der Waals surface area (Å²) in [5.74, 6) is -1.08. The third-order valence-electron chi connectivity index (χ3n) is 6.43. The number of likely N-dealkylation sites (N-methyl/N-ethyl adjacent to an activating group) is 1. The number of amides is 1. The minimum absolute atomic E-state index is 0.0559. The first-order valence-corrected chi connectivity index (χ1v) is 10.7. The van der Waals surface area contributed by atoms with Gasteiger partial charge in [0, 0.05) is 24.5 Å². The lowest BCUT2D eigenvalue weighted by Gasteiger charge is -2.38. The Morgan fingerprint density at radius 2 is 1.74 bits per heavy atom. The molecule has 2 heterocycles. The van der Waals surface area contributed by atoms with E-state index < -0.39 is 17.1 Å². The molecule has 1 N–H and O–H groups in total. The Bertz CT molecular complexity index is 1230. The molecule has 0 bridgehead atoms. The van der Waals surface area contributed by atoms with Crippen LogP contribution in [-0.2, 0) is 12.8 Å². The molecule has 0 radical (unpaired) electrons. The summed E-state index contributed by atoms with van der Waals surface area (Å²) in [6.07, 6.45) is 2.83. The van der Waals surface area contributed by atoms with Crippen LogP contribution in [0.3, 0.4) is 0 Å². The number of aromatic hydroxyl groups is 1. The third kappa shape index (κ3) is 3.13. The Morgan fingerprint density at radius 1 is 1.06 bits per heavy atom. The zero-order chi connectivity index (χ0) is 21.9. The SMILES string of the molecule is Cc1ccc2c(c1)CCc1cc(Cl)ccc1C2C1CN(C)C(=O)c2c(O)c(=O)cnn21. The van der Waals surface area contributed by atoms with E-state index in [4.69, 9.17) is 11.6 Å². The van der Waals surface area contributed by atoms with Crippen molar-refractivity contribution in [1.82, 2.24) is 14.7 Å². The van der Waals surface area contributed by atoms with Crippen molar-refractivity contribution in [2.24, 2.45) is 0 Å². The molecular formula is C24H22ClN3O3. The lowest BCUT2D eigenvalue weighted by molar-refractivity contribution is 0.0686. The average molecular weight is 436 g/mol. The number of aromatic nitrogens is 2. The van der Waals surface area contributed by atoms with E-state index in [-0.39, 0.29) is 17.7 Å². The van der Waals surface area contributed by atoms with Crippen LogP contribution in [0, 0.1) is 6.92 Å². The highest BCUT2D eigenvalue weighted by molar-refractivity contribution is 6.30. The molecule has 1 aromatic heterocycles. The number of hydrogen-bond donors (Lipinski definition) is 1. The van der Waals surface area contributed by atoms with E-state index in [1.165, 1.54) is 21.4 Å². The first kappa shape index (κ1) is 19.8. The Morgan fingerprint density at radius 3 is 2.48 bits per heavy atom. The summed E-state index contributed by atoms with van der Waals surface area (Å²) in [5, 5.41) is 15.4. The maximum absolute atomic E-state index is 12.8. The molecule has 2 atom stereocenters. The molecule has 1 aliphatic heterocycles. The number of nitrogens with zero attached hydrogens (tertiary/aromatic N) is 3. The molecule has 0 saturated carbocycles. The Labute approximate surface area is 184 Å². The average Bonchev–Trinajstić information content (AvgIpc) is 2.89. The number of halogens is 1. The predicted octanol–water partition coefficient (Wildman–Crippen LogP) is 3.47. The van der Waals surface area contributed by atoms with Crippen LogP contribution in [0.15, 0.2) is 47.4 Å². The van der Waals surface area contributed by atoms with Gasteiger partial charge in [-0.2, -0.15) is 5.10 Å². The predicted molar refractivity (Wildman–Crippen MR) is 118 cm³/mol. The van der Waals surface area contributed by atoms with Gasteiger partial charge in [0.1, 0.15) is 0 Å². The van der Waals surface area contributed by atoms with Gasteiger partial charge in [-0.1, -0.05) is 41.4 Å². The Balaban J connectivity index is 1.79. The summed E-state index contributed by atoms with van der Waals surface area (Å²) in [7, 11) is 1.69. The van der Waals surface area contributed by atoms with E-state index in [2.05, 4.69) is 36.3 Å². The number of rotatable bonds is 1. The minimum Gasteiger partial charge on any atom is -0.502 e. The fourth-order valence-corrected chi connectivity index (χ4v) is 5.17. The number of fused-ring (bicyclic) bond motifs is 3. The van der Waals surface area contributed by atoms with Crippen molar-refractivity contribution in [3.63, 3.8) is 0 Å². The van der Waals surface area contributed by atoms with E-state index in [9.17, 15) is 14.7 Å². The Hall–Kier alpha value is -3.12. The second-order valence-corrected chi connectivity index (χ2v) is 8.86. The summed E-state index contributed by atoms with van der Waals surface area (Å²) >= 11 is 6.32. The molecule has 1 aliphatic carbocycles. The van der Waals surface area contributed by atoms with Gasteiger partial charge in [-0.25, -0.2) is 0 Å². The van der Waals surface area contributed by atoms with Crippen molar-refractivity contribution in [2.45, 2.75) is 31.7 Å². The van der Waals surface area contributed by atoms with Crippen LogP contribution in [-0.4, -0.2) is 39.3 Å². The van der Waals surface area contributed by atoms with Crippen LogP contribution in [0.4, 0.5) is 0 Å². The highest BCUT2D eigenvalue weighted by atomic mass is 35.5. The van der Waals surface area contributed by atoms with Crippen molar-refractivity contribution >= 4 is 17.5 Å². The maximum Gasteiger partial charge on any atom is 0.275 e. The van der Waals surface area contributed by atoms with Crippen molar-refractivity contribution in [1.29, 1.82) is 0 Å². The highest BCUT2D eigenvalue weighted by Gasteiger charge is 2.40. The number of hydrogen-bond acceptors (Lipinski definition) is 4. The Kier molecular flexibility index (Phi) is 4.63. The van der Waals surface area contributed by atoms with Gasteiger partial charge in [-0.05, 0) is 54.2 Å². The second-order valence-electron chi connectivity index (χ2n) is 8.43. The van der Waals surface area contributed by atoms with Crippen molar-refractivity contribution in [3.05, 3.63) is 91.4 Å². The van der Waals surface area contributed by atoms with Gasteiger partial charge in [-0.15, -0.1) is 0 Å². The van der Waals surface area contributed by atoms with Crippen LogP contribution >= 0.6 is 11.6 Å². The largest absolute Gasteiger partial charge is 0.502 e. The molecule has 2 aromatic carbocycles. The molecule has 0 fully saturated rings. The van der Waals surface area contributed by atoms with Gasteiger partial charge in [-0.3, -0.25) is 14.3 Å². The fraction of sp³-hybridized carbons (Fsp3) is 0.292. The molecule has 3 aromatic rings. The summed E-state index contributed by atoms with van der Waals surface area (Å²) < 4.78 is 1.54. The van der Waals surface area contributed by atoms with Crippen molar-refractivity contribution in [3.8, 4) is 5.75 Å². The molecule has 5 rings (SSSR count). The van der Waals surface area contributed by atoms with E-state index >= 15 is 0 Å². The smallest absolute Gasteiger partial charge is 0.275 e. The molecule has 31 heavy (non-hydrogen) atoms. The molecule has 1 amide bonds. The topological polar surface area (TPSA) is 75.4 Å². The van der Waals surface area contributed by atoms with E-state index in [0.29, 0.717) is 11.6 Å². The van der Waals surface area contributed by atoms with Crippen LogP contribution in [0.1, 0.15) is 50.3 Å². The summed E-state index contributed by atoms with van der Waals surface area (Å²) in [6, 6.07) is 12.1. The zero-order valence-corrected chi connectivity index (χ0v) is 18.1. The van der Waals surface area contributed by atoms with Crippen molar-refractivity contribution < 1.29 is 9.90 Å². The normalized spacial score (nSPS) is 20.0. The first-order valence-electron chi connectivity index (χ1n) is 10.3. The number of carbonyl (C=O) groups excluding carboxylic acids is 1. The van der Waals surface area contributed by atoms with Gasteiger partial charge in [0.05, 0.1) is 12.2 Å². The second kappa shape index (κ2) is 7.24. The van der Waals surface area contributed by atoms with Gasteiger partial charge >= 0.3 is 0 Å². The zero-order valence-electron chi connectivity index (χ0n) is 17.3. The summed E-state index contributed by atoms with van der Waals surface area (Å²) in [4.78, 5) is 26.4. The molecule has 0 saturated heterocycles. The summed E-state index contributed by atoms with van der Waals surface area (Å²) in [5.41, 5.74) is 5.20. The standard InChI is InChI=1S/C24H22ClN3O3/c1-13-3-7-17-14(9-13)4-5-15-10-16(25)6-8-18(15)21(17)19-12-27(2)24(31)22-23(30)20(29)11-26-28(19)22/h3,6-11,19,21,30H,4-5,12H2,1-2H3. The molecule has 6 nitrogen and oxygen atoms in total.